The van der Waals surface area contributed by atoms with Gasteiger partial charge in [0, 0.05) is 34.8 Å². The van der Waals surface area contributed by atoms with Crippen LogP contribution < -0.4 is 10.0 Å². The van der Waals surface area contributed by atoms with Gasteiger partial charge in [-0.1, -0.05) is 42.5 Å². The molecule has 0 spiro atoms. The first-order valence-corrected chi connectivity index (χ1v) is 13.8. The number of benzene rings is 2. The van der Waals surface area contributed by atoms with E-state index in [0.717, 1.165) is 27.9 Å². The van der Waals surface area contributed by atoms with Gasteiger partial charge in [-0.25, -0.2) is 13.1 Å². The monoisotopic (exact) mass is 502 g/mol. The van der Waals surface area contributed by atoms with Gasteiger partial charge < -0.3 is 10.3 Å². The fraction of sp³-hybridized carbons (Fsp3) is 0.286. The fourth-order valence-corrected chi connectivity index (χ4v) is 6.18. The van der Waals surface area contributed by atoms with Gasteiger partial charge in [0.1, 0.15) is 0 Å². The van der Waals surface area contributed by atoms with E-state index in [1.54, 1.807) is 18.3 Å². The summed E-state index contributed by atoms with van der Waals surface area (Å²) in [4.78, 5) is 20.6. The molecule has 0 aliphatic heterocycles. The van der Waals surface area contributed by atoms with Crippen molar-refractivity contribution in [2.45, 2.75) is 49.6 Å². The van der Waals surface area contributed by atoms with Gasteiger partial charge in [0.2, 0.25) is 15.9 Å². The zero-order valence-electron chi connectivity index (χ0n) is 20.1. The first-order valence-electron chi connectivity index (χ1n) is 12.3. The van der Waals surface area contributed by atoms with Gasteiger partial charge in [-0.3, -0.25) is 9.78 Å². The molecule has 0 radical (unpaired) electrons. The van der Waals surface area contributed by atoms with E-state index in [2.05, 4.69) is 20.0 Å². The Morgan fingerprint density at radius 3 is 2.44 bits per heavy atom. The smallest absolute Gasteiger partial charge is 0.240 e. The second-order valence-corrected chi connectivity index (χ2v) is 11.2. The van der Waals surface area contributed by atoms with E-state index in [1.165, 1.54) is 0 Å². The number of amides is 1. The average Bonchev–Trinajstić information content (AvgIpc) is 3.33. The van der Waals surface area contributed by atoms with E-state index in [4.69, 9.17) is 0 Å². The van der Waals surface area contributed by atoms with Crippen LogP contribution in [0, 0.1) is 5.92 Å². The van der Waals surface area contributed by atoms with Crippen molar-refractivity contribution in [3.63, 3.8) is 0 Å². The van der Waals surface area contributed by atoms with Gasteiger partial charge in [-0.15, -0.1) is 0 Å². The number of carbonyl (C=O) groups excluding carboxylic acids is 1. The van der Waals surface area contributed by atoms with Crippen molar-refractivity contribution < 1.29 is 13.2 Å². The van der Waals surface area contributed by atoms with Crippen LogP contribution >= 0.6 is 0 Å². The van der Waals surface area contributed by atoms with Crippen LogP contribution in [0.15, 0.2) is 83.9 Å². The summed E-state index contributed by atoms with van der Waals surface area (Å²) in [5.74, 6) is -0.121. The number of sulfonamides is 1. The summed E-state index contributed by atoms with van der Waals surface area (Å²) >= 11 is 0. The molecular weight excluding hydrogens is 472 g/mol. The van der Waals surface area contributed by atoms with Gasteiger partial charge in [0.25, 0.3) is 0 Å². The van der Waals surface area contributed by atoms with Crippen LogP contribution in [0.2, 0.25) is 0 Å². The SMILES string of the molecule is C[C@@H](NC(=O)[C@H]1CC[C@H](NS(=O)(=O)c2ccc3cc(-c4ccccc4)[nH]c3c2)CC1)c1ccccn1. The van der Waals surface area contributed by atoms with Crippen molar-refractivity contribution in [3.8, 4) is 11.3 Å². The minimum atomic E-state index is -3.68. The summed E-state index contributed by atoms with van der Waals surface area (Å²) in [5, 5.41) is 4.00. The summed E-state index contributed by atoms with van der Waals surface area (Å²) in [6, 6.07) is 22.4. The number of hydrogen-bond acceptors (Lipinski definition) is 4. The van der Waals surface area contributed by atoms with Crippen LogP contribution in [-0.2, 0) is 14.8 Å². The molecule has 1 aliphatic rings. The van der Waals surface area contributed by atoms with E-state index in [9.17, 15) is 13.2 Å². The number of hydrogen-bond donors (Lipinski definition) is 3. The van der Waals surface area contributed by atoms with Crippen LogP contribution in [0.5, 0.6) is 0 Å². The first kappa shape index (κ1) is 24.2. The molecule has 7 nitrogen and oxygen atoms in total. The van der Waals surface area contributed by atoms with E-state index < -0.39 is 10.0 Å². The number of rotatable bonds is 7. The van der Waals surface area contributed by atoms with E-state index in [-0.39, 0.29) is 28.8 Å². The van der Waals surface area contributed by atoms with Crippen molar-refractivity contribution in [2.75, 3.05) is 0 Å². The predicted molar refractivity (Wildman–Crippen MR) is 141 cm³/mol. The number of pyridine rings is 1. The van der Waals surface area contributed by atoms with Gasteiger partial charge in [-0.05, 0) is 68.5 Å². The van der Waals surface area contributed by atoms with Gasteiger partial charge in [0.05, 0.1) is 16.6 Å². The highest BCUT2D eigenvalue weighted by atomic mass is 32.2. The molecule has 4 aromatic rings. The third-order valence-corrected chi connectivity index (χ3v) is 8.42. The van der Waals surface area contributed by atoms with E-state index >= 15 is 0 Å². The second-order valence-electron chi connectivity index (χ2n) is 9.45. The molecular formula is C28H30N4O3S. The molecule has 5 rings (SSSR count). The molecule has 8 heteroatoms. The van der Waals surface area contributed by atoms with Crippen molar-refractivity contribution in [1.29, 1.82) is 0 Å². The quantitative estimate of drug-likeness (QED) is 0.333. The maximum atomic E-state index is 13.1. The molecule has 0 saturated heterocycles. The number of H-pyrrole nitrogens is 1. The number of aromatic nitrogens is 2. The largest absolute Gasteiger partial charge is 0.354 e. The Morgan fingerprint density at radius 2 is 1.72 bits per heavy atom. The third-order valence-electron chi connectivity index (χ3n) is 6.90. The maximum Gasteiger partial charge on any atom is 0.240 e. The van der Waals surface area contributed by atoms with E-state index in [1.807, 2.05) is 67.6 Å². The lowest BCUT2D eigenvalue weighted by Crippen LogP contribution is -2.41. The number of fused-ring (bicyclic) bond motifs is 1. The van der Waals surface area contributed by atoms with Crippen LogP contribution in [0.25, 0.3) is 22.2 Å². The maximum absolute atomic E-state index is 13.1. The number of aromatic amines is 1. The minimum Gasteiger partial charge on any atom is -0.354 e. The molecule has 3 N–H and O–H groups in total. The predicted octanol–water partition coefficient (Wildman–Crippen LogP) is 4.94. The average molecular weight is 503 g/mol. The number of carbonyl (C=O) groups is 1. The van der Waals surface area contributed by atoms with Crippen molar-refractivity contribution in [1.82, 2.24) is 20.0 Å². The molecule has 36 heavy (non-hydrogen) atoms. The Balaban J connectivity index is 1.20. The Kier molecular flexibility index (Phi) is 6.89. The highest BCUT2D eigenvalue weighted by molar-refractivity contribution is 7.89. The van der Waals surface area contributed by atoms with Crippen molar-refractivity contribution in [3.05, 3.63) is 84.7 Å². The molecule has 2 aromatic heterocycles. The van der Waals surface area contributed by atoms with Crippen LogP contribution in [0.1, 0.15) is 44.3 Å². The first-order chi connectivity index (χ1) is 17.4. The highest BCUT2D eigenvalue weighted by Crippen LogP contribution is 2.28. The Bertz CT molecular complexity index is 1440. The Morgan fingerprint density at radius 1 is 0.972 bits per heavy atom. The number of nitrogens with zero attached hydrogens (tertiary/aromatic N) is 1. The zero-order chi connectivity index (χ0) is 25.1. The molecule has 0 bridgehead atoms. The van der Waals surface area contributed by atoms with Crippen LogP contribution in [0.4, 0.5) is 0 Å². The minimum absolute atomic E-state index is 0.000812. The molecule has 1 aliphatic carbocycles. The van der Waals surface area contributed by atoms with Crippen LogP contribution in [0.3, 0.4) is 0 Å². The summed E-state index contributed by atoms with van der Waals surface area (Å²) in [7, 11) is -3.68. The Hall–Kier alpha value is -3.49. The normalized spacial score (nSPS) is 19.1. The molecule has 0 unspecified atom stereocenters. The van der Waals surface area contributed by atoms with Gasteiger partial charge in [-0.2, -0.15) is 0 Å². The van der Waals surface area contributed by atoms with Gasteiger partial charge in [0.15, 0.2) is 0 Å². The lowest BCUT2D eigenvalue weighted by molar-refractivity contribution is -0.126. The lowest BCUT2D eigenvalue weighted by atomic mass is 9.86. The molecule has 1 atom stereocenters. The second kappa shape index (κ2) is 10.2. The van der Waals surface area contributed by atoms with Gasteiger partial charge >= 0.3 is 0 Å². The summed E-state index contributed by atoms with van der Waals surface area (Å²) in [6.07, 6.45) is 4.25. The number of nitrogens with one attached hydrogen (secondary N) is 3. The topological polar surface area (TPSA) is 104 Å². The molecule has 2 aromatic carbocycles. The van der Waals surface area contributed by atoms with Crippen molar-refractivity contribution >= 4 is 26.8 Å². The molecule has 2 heterocycles. The van der Waals surface area contributed by atoms with Crippen LogP contribution in [-0.4, -0.2) is 30.3 Å². The van der Waals surface area contributed by atoms with Crippen molar-refractivity contribution in [2.24, 2.45) is 5.92 Å². The molecule has 186 valence electrons. The highest BCUT2D eigenvalue weighted by Gasteiger charge is 2.30. The van der Waals surface area contributed by atoms with E-state index in [0.29, 0.717) is 25.7 Å². The fourth-order valence-electron chi connectivity index (χ4n) is 4.84. The molecule has 1 amide bonds. The standard InChI is InChI=1S/C28H30N4O3S/c1-19(25-9-5-6-16-29-25)30-28(33)21-10-13-23(14-11-21)32-36(34,35)24-15-12-22-17-26(31-27(22)18-24)20-7-3-2-4-8-20/h2-9,12,15-19,21,23,31-32H,10-11,13-14H2,1H3,(H,30,33)/t19-,21-,23-/m1/s1. The lowest BCUT2D eigenvalue weighted by Gasteiger charge is -2.29. The molecule has 1 fully saturated rings. The Labute approximate surface area is 211 Å². The summed E-state index contributed by atoms with van der Waals surface area (Å²) in [6.45, 7) is 1.92. The summed E-state index contributed by atoms with van der Waals surface area (Å²) in [5.41, 5.74) is 3.59. The summed E-state index contributed by atoms with van der Waals surface area (Å²) < 4.78 is 29.1. The molecule has 1 saturated carbocycles. The zero-order valence-corrected chi connectivity index (χ0v) is 21.0. The third kappa shape index (κ3) is 5.34.